The van der Waals surface area contributed by atoms with Crippen LogP contribution in [0.15, 0.2) is 59.9 Å². The van der Waals surface area contributed by atoms with Gasteiger partial charge in [0.2, 0.25) is 0 Å². The van der Waals surface area contributed by atoms with E-state index >= 15 is 0 Å². The van der Waals surface area contributed by atoms with Gasteiger partial charge in [-0.25, -0.2) is 0 Å². The molecule has 0 radical (unpaired) electrons. The Kier molecular flexibility index (Phi) is 5.69. The summed E-state index contributed by atoms with van der Waals surface area (Å²) in [5.41, 5.74) is 0.192. The van der Waals surface area contributed by atoms with E-state index in [0.29, 0.717) is 16.5 Å². The van der Waals surface area contributed by atoms with Crippen LogP contribution in [0.3, 0.4) is 0 Å². The van der Waals surface area contributed by atoms with Crippen LogP contribution < -0.4 is 10.9 Å². The molecule has 3 aromatic rings. The summed E-state index contributed by atoms with van der Waals surface area (Å²) in [5.74, 6) is -0.429. The summed E-state index contributed by atoms with van der Waals surface area (Å²) >= 11 is 5.17. The van der Waals surface area contributed by atoms with Crippen LogP contribution in [0, 0.1) is 4.77 Å². The first-order valence-corrected chi connectivity index (χ1v) is 8.93. The van der Waals surface area contributed by atoms with Crippen molar-refractivity contribution in [3.8, 4) is 0 Å². The summed E-state index contributed by atoms with van der Waals surface area (Å²) in [7, 11) is 0. The zero-order chi connectivity index (χ0) is 21.2. The van der Waals surface area contributed by atoms with Crippen LogP contribution >= 0.6 is 12.2 Å². The number of alkyl halides is 3. The number of carbonyl (C=O) groups is 1. The number of rotatable bonds is 5. The van der Waals surface area contributed by atoms with Crippen molar-refractivity contribution in [2.24, 2.45) is 0 Å². The third-order valence-corrected chi connectivity index (χ3v) is 4.61. The molecule has 0 spiro atoms. The van der Waals surface area contributed by atoms with E-state index in [-0.39, 0.29) is 29.0 Å². The monoisotopic (exact) mass is 419 g/mol. The molecule has 9 heteroatoms. The molecule has 0 atom stereocenters. The molecule has 0 saturated carbocycles. The van der Waals surface area contributed by atoms with Gasteiger partial charge in [0.05, 0.1) is 16.5 Å². The van der Waals surface area contributed by atoms with Gasteiger partial charge in [-0.15, -0.1) is 6.58 Å². The predicted octanol–water partition coefficient (Wildman–Crippen LogP) is 4.19. The molecule has 0 fully saturated rings. The third kappa shape index (κ3) is 4.45. The quantitative estimate of drug-likeness (QED) is 0.481. The molecule has 1 aromatic heterocycles. The van der Waals surface area contributed by atoms with E-state index in [1.54, 1.807) is 6.08 Å². The Labute approximate surface area is 168 Å². The normalized spacial score (nSPS) is 11.4. The topological polar surface area (TPSA) is 66.9 Å². The van der Waals surface area contributed by atoms with Gasteiger partial charge in [-0.1, -0.05) is 18.2 Å². The molecule has 29 heavy (non-hydrogen) atoms. The minimum absolute atomic E-state index is 0.0614. The van der Waals surface area contributed by atoms with E-state index in [1.165, 1.54) is 34.9 Å². The molecular formula is C20H16F3N3O2S. The number of H-pyrrole nitrogens is 1. The van der Waals surface area contributed by atoms with E-state index in [4.69, 9.17) is 12.2 Å². The smallest absolute Gasteiger partial charge is 0.348 e. The van der Waals surface area contributed by atoms with Gasteiger partial charge in [0, 0.05) is 18.7 Å². The number of aromatic amines is 1. The number of allylic oxidation sites excluding steroid dienone is 1. The second kappa shape index (κ2) is 8.04. The average molecular weight is 419 g/mol. The van der Waals surface area contributed by atoms with Gasteiger partial charge >= 0.3 is 6.18 Å². The highest BCUT2D eigenvalue weighted by atomic mass is 32.1. The fourth-order valence-corrected chi connectivity index (χ4v) is 3.05. The minimum atomic E-state index is -4.41. The van der Waals surface area contributed by atoms with Gasteiger partial charge in [-0.3, -0.25) is 14.2 Å². The number of fused-ring (bicyclic) bond motifs is 1. The number of halogens is 3. The summed E-state index contributed by atoms with van der Waals surface area (Å²) in [5, 5.41) is 3.02. The van der Waals surface area contributed by atoms with E-state index in [1.807, 2.05) is 0 Å². The fraction of sp³-hybridized carbons (Fsp3) is 0.150. The molecule has 5 nitrogen and oxygen atoms in total. The van der Waals surface area contributed by atoms with Crippen molar-refractivity contribution in [1.82, 2.24) is 14.9 Å². The van der Waals surface area contributed by atoms with Crippen molar-refractivity contribution < 1.29 is 18.0 Å². The van der Waals surface area contributed by atoms with Gasteiger partial charge in [0.15, 0.2) is 4.77 Å². The lowest BCUT2D eigenvalue weighted by Crippen LogP contribution is -2.24. The van der Waals surface area contributed by atoms with Crippen LogP contribution in [0.4, 0.5) is 13.2 Å². The molecule has 3 rings (SSSR count). The number of nitrogens with zero attached hydrogens (tertiary/aromatic N) is 1. The molecule has 2 N–H and O–H groups in total. The number of hydrogen-bond acceptors (Lipinski definition) is 3. The highest BCUT2D eigenvalue weighted by Gasteiger charge is 2.29. The van der Waals surface area contributed by atoms with Gasteiger partial charge in [0.1, 0.15) is 0 Å². The second-order valence-electron chi connectivity index (χ2n) is 6.27. The first-order valence-electron chi connectivity index (χ1n) is 8.53. The third-order valence-electron chi connectivity index (χ3n) is 4.29. The summed E-state index contributed by atoms with van der Waals surface area (Å²) in [6.07, 6.45) is -2.85. The van der Waals surface area contributed by atoms with E-state index in [9.17, 15) is 22.8 Å². The minimum Gasteiger partial charge on any atom is -0.348 e. The van der Waals surface area contributed by atoms with E-state index in [2.05, 4.69) is 16.9 Å². The van der Waals surface area contributed by atoms with Crippen LogP contribution in [-0.2, 0) is 19.3 Å². The summed E-state index contributed by atoms with van der Waals surface area (Å²) < 4.78 is 39.4. The largest absolute Gasteiger partial charge is 0.416 e. The van der Waals surface area contributed by atoms with E-state index < -0.39 is 17.6 Å². The van der Waals surface area contributed by atoms with Gasteiger partial charge < -0.3 is 10.3 Å². The fourth-order valence-electron chi connectivity index (χ4n) is 2.79. The summed E-state index contributed by atoms with van der Waals surface area (Å²) in [4.78, 5) is 27.8. The Morgan fingerprint density at radius 1 is 1.21 bits per heavy atom. The molecule has 0 saturated heterocycles. The maximum atomic E-state index is 12.6. The lowest BCUT2D eigenvalue weighted by molar-refractivity contribution is -0.137. The highest BCUT2D eigenvalue weighted by molar-refractivity contribution is 7.71. The van der Waals surface area contributed by atoms with Crippen LogP contribution in [-0.4, -0.2) is 15.5 Å². The molecule has 0 aliphatic rings. The Morgan fingerprint density at radius 3 is 2.52 bits per heavy atom. The Bertz CT molecular complexity index is 1190. The standard InChI is InChI=1S/C20H16F3N3O2S/c1-2-9-26-18(28)15-8-5-13(10-16(15)25-19(26)29)17(27)24-11-12-3-6-14(7-4-12)20(21,22)23/h2-8,10H,1,9,11H2,(H,24,27)(H,25,29). The predicted molar refractivity (Wildman–Crippen MR) is 106 cm³/mol. The number of amides is 1. The van der Waals surface area contributed by atoms with Crippen LogP contribution in [0.25, 0.3) is 10.9 Å². The van der Waals surface area contributed by atoms with Crippen molar-refractivity contribution in [2.75, 3.05) is 0 Å². The number of carbonyl (C=O) groups excluding carboxylic acids is 1. The van der Waals surface area contributed by atoms with Crippen LogP contribution in [0.5, 0.6) is 0 Å². The number of hydrogen-bond donors (Lipinski definition) is 2. The van der Waals surface area contributed by atoms with Gasteiger partial charge in [-0.05, 0) is 48.1 Å². The summed E-state index contributed by atoms with van der Waals surface area (Å²) in [6.45, 7) is 3.91. The average Bonchev–Trinajstić information content (AvgIpc) is 2.68. The molecule has 1 heterocycles. The number of aromatic nitrogens is 2. The lowest BCUT2D eigenvalue weighted by Gasteiger charge is -2.10. The maximum Gasteiger partial charge on any atom is 0.416 e. The first-order chi connectivity index (χ1) is 13.7. The van der Waals surface area contributed by atoms with Crippen molar-refractivity contribution >= 4 is 29.0 Å². The van der Waals surface area contributed by atoms with Crippen molar-refractivity contribution in [2.45, 2.75) is 19.3 Å². The molecule has 150 valence electrons. The molecular weight excluding hydrogens is 403 g/mol. The SMILES string of the molecule is C=CCn1c(=S)[nH]c2cc(C(=O)NCc3ccc(C(F)(F)F)cc3)ccc2c1=O. The molecule has 2 aromatic carbocycles. The van der Waals surface area contributed by atoms with Crippen molar-refractivity contribution in [3.05, 3.63) is 86.9 Å². The Balaban J connectivity index is 1.79. The van der Waals surface area contributed by atoms with Gasteiger partial charge in [0.25, 0.3) is 11.5 Å². The van der Waals surface area contributed by atoms with Crippen LogP contribution in [0.1, 0.15) is 21.5 Å². The summed E-state index contributed by atoms with van der Waals surface area (Å²) in [6, 6.07) is 9.08. The number of benzene rings is 2. The molecule has 0 bridgehead atoms. The number of nitrogens with one attached hydrogen (secondary N) is 2. The molecule has 0 aliphatic carbocycles. The van der Waals surface area contributed by atoms with Gasteiger partial charge in [-0.2, -0.15) is 13.2 Å². The van der Waals surface area contributed by atoms with E-state index in [0.717, 1.165) is 12.1 Å². The lowest BCUT2D eigenvalue weighted by atomic mass is 10.1. The van der Waals surface area contributed by atoms with Crippen LogP contribution in [0.2, 0.25) is 0 Å². The second-order valence-corrected chi connectivity index (χ2v) is 6.66. The first kappa shape index (κ1) is 20.5. The van der Waals surface area contributed by atoms with Crippen molar-refractivity contribution in [1.29, 1.82) is 0 Å². The van der Waals surface area contributed by atoms with Crippen molar-refractivity contribution in [3.63, 3.8) is 0 Å². The Morgan fingerprint density at radius 2 is 1.90 bits per heavy atom. The molecule has 1 amide bonds. The zero-order valence-electron chi connectivity index (χ0n) is 15.0. The maximum absolute atomic E-state index is 12.6. The Hall–Kier alpha value is -3.20. The molecule has 0 unspecified atom stereocenters. The zero-order valence-corrected chi connectivity index (χ0v) is 15.9. The highest BCUT2D eigenvalue weighted by Crippen LogP contribution is 2.29. The molecule has 0 aliphatic heterocycles.